The van der Waals surface area contributed by atoms with Gasteiger partial charge in [-0.15, -0.1) is 0 Å². The highest BCUT2D eigenvalue weighted by Gasteiger charge is 2.48. The number of hydrogen-bond acceptors (Lipinski definition) is 3. The van der Waals surface area contributed by atoms with Gasteiger partial charge in [0.2, 0.25) is 0 Å². The van der Waals surface area contributed by atoms with Crippen molar-refractivity contribution in [2.24, 2.45) is 11.8 Å². The van der Waals surface area contributed by atoms with Gasteiger partial charge < -0.3 is 4.74 Å². The largest absolute Gasteiger partial charge is 0.350 e. The van der Waals surface area contributed by atoms with Crippen molar-refractivity contribution < 1.29 is 14.4 Å². The number of hydroxylamine groups is 2. The predicted octanol–water partition coefficient (Wildman–Crippen LogP) is 3.51. The van der Waals surface area contributed by atoms with E-state index in [1.54, 1.807) is 5.06 Å². The van der Waals surface area contributed by atoms with Crippen molar-refractivity contribution in [1.29, 1.82) is 0 Å². The van der Waals surface area contributed by atoms with Gasteiger partial charge in [0.25, 0.3) is 5.91 Å². The molecule has 3 atom stereocenters. The zero-order chi connectivity index (χ0) is 14.5. The van der Waals surface area contributed by atoms with Crippen LogP contribution in [0.4, 0.5) is 0 Å². The molecule has 1 amide bonds. The predicted molar refractivity (Wildman–Crippen MR) is 77.8 cm³/mol. The van der Waals surface area contributed by atoms with E-state index in [-0.39, 0.29) is 24.2 Å². The van der Waals surface area contributed by atoms with Crippen LogP contribution in [0.2, 0.25) is 0 Å². The normalized spacial score (nSPS) is 30.7. The molecule has 2 aliphatic heterocycles. The first kappa shape index (κ1) is 15.8. The van der Waals surface area contributed by atoms with E-state index in [4.69, 9.17) is 9.57 Å². The number of nitrogens with zero attached hydrogens (tertiary/aromatic N) is 1. The van der Waals surface area contributed by atoms with Crippen molar-refractivity contribution >= 4 is 5.91 Å². The summed E-state index contributed by atoms with van der Waals surface area (Å²) < 4.78 is 5.58. The standard InChI is InChI=1S/C16H29NO3/c1-4-7-14-13(10-9-12(2)3)16(18)17(14)20-15-8-5-6-11-19-15/h12-15H,4-11H2,1-3H3/t13-,14+,15?/m1/s1. The minimum absolute atomic E-state index is 0.165. The first-order chi connectivity index (χ1) is 9.63. The van der Waals surface area contributed by atoms with Crippen molar-refractivity contribution in [3.05, 3.63) is 0 Å². The van der Waals surface area contributed by atoms with Crippen LogP contribution in [0.15, 0.2) is 0 Å². The Morgan fingerprint density at radius 1 is 1.35 bits per heavy atom. The van der Waals surface area contributed by atoms with E-state index in [1.807, 2.05) is 0 Å². The number of carbonyl (C=O) groups excluding carboxylic acids is 1. The summed E-state index contributed by atoms with van der Waals surface area (Å²) in [6, 6.07) is 0.261. The summed E-state index contributed by atoms with van der Waals surface area (Å²) in [6.45, 7) is 7.34. The molecular weight excluding hydrogens is 254 g/mol. The zero-order valence-corrected chi connectivity index (χ0v) is 13.1. The Labute approximate surface area is 122 Å². The van der Waals surface area contributed by atoms with Crippen LogP contribution in [0.5, 0.6) is 0 Å². The van der Waals surface area contributed by atoms with E-state index in [9.17, 15) is 4.79 Å². The van der Waals surface area contributed by atoms with E-state index in [1.165, 1.54) is 0 Å². The third-order valence-electron chi connectivity index (χ3n) is 4.31. The molecule has 0 aliphatic carbocycles. The molecule has 2 aliphatic rings. The van der Waals surface area contributed by atoms with Crippen molar-refractivity contribution in [2.75, 3.05) is 6.61 Å². The lowest BCUT2D eigenvalue weighted by atomic mass is 9.82. The molecule has 2 saturated heterocycles. The topological polar surface area (TPSA) is 38.8 Å². The Kier molecular flexibility index (Phi) is 5.85. The first-order valence-corrected chi connectivity index (χ1v) is 8.25. The summed E-state index contributed by atoms with van der Waals surface area (Å²) in [4.78, 5) is 18.1. The summed E-state index contributed by atoms with van der Waals surface area (Å²) >= 11 is 0. The molecule has 0 saturated carbocycles. The maximum absolute atomic E-state index is 12.3. The average molecular weight is 283 g/mol. The Hall–Kier alpha value is -0.610. The van der Waals surface area contributed by atoms with Gasteiger partial charge >= 0.3 is 0 Å². The molecule has 0 radical (unpaired) electrons. The molecule has 0 bridgehead atoms. The average Bonchev–Trinajstić information content (AvgIpc) is 2.45. The Morgan fingerprint density at radius 2 is 2.15 bits per heavy atom. The number of ether oxygens (including phenoxy) is 1. The summed E-state index contributed by atoms with van der Waals surface area (Å²) in [6.07, 6.45) is 7.14. The highest BCUT2D eigenvalue weighted by atomic mass is 16.8. The van der Waals surface area contributed by atoms with Crippen molar-refractivity contribution in [2.45, 2.75) is 78.0 Å². The number of hydrogen-bond donors (Lipinski definition) is 0. The lowest BCUT2D eigenvalue weighted by Gasteiger charge is -2.47. The molecule has 116 valence electrons. The summed E-state index contributed by atoms with van der Waals surface area (Å²) in [5, 5.41) is 1.62. The molecule has 0 aromatic heterocycles. The van der Waals surface area contributed by atoms with Gasteiger partial charge in [-0.05, 0) is 31.6 Å². The second kappa shape index (κ2) is 7.41. The molecule has 20 heavy (non-hydrogen) atoms. The van der Waals surface area contributed by atoms with Crippen molar-refractivity contribution in [3.63, 3.8) is 0 Å². The Morgan fingerprint density at radius 3 is 2.75 bits per heavy atom. The fourth-order valence-electron chi connectivity index (χ4n) is 3.07. The fourth-order valence-corrected chi connectivity index (χ4v) is 3.07. The lowest BCUT2D eigenvalue weighted by molar-refractivity contribution is -0.319. The second-order valence-electron chi connectivity index (χ2n) is 6.50. The van der Waals surface area contributed by atoms with Crippen LogP contribution in [0, 0.1) is 11.8 Å². The second-order valence-corrected chi connectivity index (χ2v) is 6.50. The van der Waals surface area contributed by atoms with E-state index in [2.05, 4.69) is 20.8 Å². The molecule has 1 unspecified atom stereocenters. The molecule has 0 aromatic carbocycles. The van der Waals surface area contributed by atoms with Gasteiger partial charge in [0.1, 0.15) is 0 Å². The number of rotatable bonds is 7. The first-order valence-electron chi connectivity index (χ1n) is 8.25. The smallest absolute Gasteiger partial charge is 0.251 e. The summed E-state index contributed by atoms with van der Waals surface area (Å²) in [5.41, 5.74) is 0. The van der Waals surface area contributed by atoms with E-state index < -0.39 is 0 Å². The maximum Gasteiger partial charge on any atom is 0.251 e. The molecule has 0 N–H and O–H groups in total. The van der Waals surface area contributed by atoms with Crippen molar-refractivity contribution in [1.82, 2.24) is 5.06 Å². The number of amides is 1. The van der Waals surface area contributed by atoms with Crippen LogP contribution in [0.1, 0.15) is 65.7 Å². The van der Waals surface area contributed by atoms with E-state index in [0.29, 0.717) is 5.92 Å². The van der Waals surface area contributed by atoms with Gasteiger partial charge in [0.05, 0.1) is 12.0 Å². The molecule has 4 heteroatoms. The van der Waals surface area contributed by atoms with Gasteiger partial charge in [0, 0.05) is 13.0 Å². The molecule has 4 nitrogen and oxygen atoms in total. The molecule has 2 heterocycles. The maximum atomic E-state index is 12.3. The van der Waals surface area contributed by atoms with Gasteiger partial charge in [-0.25, -0.2) is 9.90 Å². The Bertz CT molecular complexity index is 313. The quantitative estimate of drug-likeness (QED) is 0.671. The van der Waals surface area contributed by atoms with Crippen LogP contribution in [0.3, 0.4) is 0 Å². The van der Waals surface area contributed by atoms with Crippen LogP contribution < -0.4 is 0 Å². The minimum Gasteiger partial charge on any atom is -0.350 e. The van der Waals surface area contributed by atoms with Crippen LogP contribution in [-0.2, 0) is 14.4 Å². The van der Waals surface area contributed by atoms with Crippen LogP contribution in [-0.4, -0.2) is 29.9 Å². The van der Waals surface area contributed by atoms with E-state index in [0.717, 1.165) is 51.6 Å². The van der Waals surface area contributed by atoms with Gasteiger partial charge in [-0.2, -0.15) is 0 Å². The molecule has 0 aromatic rings. The molecule has 0 spiro atoms. The third kappa shape index (κ3) is 3.73. The summed E-state index contributed by atoms with van der Waals surface area (Å²) in [7, 11) is 0. The SMILES string of the molecule is CCC[C@H]1[C@@H](CCC(C)C)C(=O)N1OC1CCCCO1. The lowest BCUT2D eigenvalue weighted by Crippen LogP contribution is -2.61. The highest BCUT2D eigenvalue weighted by Crippen LogP contribution is 2.36. The highest BCUT2D eigenvalue weighted by molar-refractivity contribution is 5.84. The molecule has 2 rings (SSSR count). The molecule has 2 fully saturated rings. The summed E-state index contributed by atoms with van der Waals surface area (Å²) in [5.74, 6) is 0.987. The number of carbonyl (C=O) groups is 1. The monoisotopic (exact) mass is 283 g/mol. The van der Waals surface area contributed by atoms with Crippen LogP contribution >= 0.6 is 0 Å². The van der Waals surface area contributed by atoms with Gasteiger partial charge in [-0.3, -0.25) is 4.79 Å². The molecular formula is C16H29NO3. The van der Waals surface area contributed by atoms with Crippen LogP contribution in [0.25, 0.3) is 0 Å². The zero-order valence-electron chi connectivity index (χ0n) is 13.1. The van der Waals surface area contributed by atoms with E-state index >= 15 is 0 Å². The Balaban J connectivity index is 1.86. The van der Waals surface area contributed by atoms with Crippen molar-refractivity contribution in [3.8, 4) is 0 Å². The number of β-lactam (4-membered cyclic amide) rings is 1. The minimum atomic E-state index is -0.210. The fraction of sp³-hybridized carbons (Fsp3) is 0.938. The van der Waals surface area contributed by atoms with Gasteiger partial charge in [0.15, 0.2) is 6.29 Å². The van der Waals surface area contributed by atoms with Gasteiger partial charge in [-0.1, -0.05) is 33.6 Å². The third-order valence-corrected chi connectivity index (χ3v) is 4.31.